The second-order valence-corrected chi connectivity index (χ2v) is 5.33. The van der Waals surface area contributed by atoms with Gasteiger partial charge in [0, 0.05) is 0 Å². The molecule has 1 aromatic carbocycles. The van der Waals surface area contributed by atoms with E-state index < -0.39 is 15.8 Å². The molecule has 0 saturated carbocycles. The van der Waals surface area contributed by atoms with Gasteiger partial charge in [-0.2, -0.15) is 5.21 Å². The fourth-order valence-corrected chi connectivity index (χ4v) is 2.35. The number of H-pyrrole nitrogens is 1. The minimum absolute atomic E-state index is 0.00936. The monoisotopic (exact) mass is 271 g/mol. The van der Waals surface area contributed by atoms with E-state index in [1.165, 1.54) is 19.1 Å². The van der Waals surface area contributed by atoms with Crippen molar-refractivity contribution < 1.29 is 12.8 Å². The summed E-state index contributed by atoms with van der Waals surface area (Å²) >= 11 is 0. The largest absolute Gasteiger partial charge is 0.240 e. The van der Waals surface area contributed by atoms with Crippen LogP contribution in [-0.4, -0.2) is 29.0 Å². The molecule has 0 bridgehead atoms. The summed E-state index contributed by atoms with van der Waals surface area (Å²) in [7, 11) is -3.71. The van der Waals surface area contributed by atoms with Crippen molar-refractivity contribution in [2.75, 3.05) is 0 Å². The van der Waals surface area contributed by atoms with Gasteiger partial charge in [0.05, 0.1) is 11.4 Å². The van der Waals surface area contributed by atoms with E-state index in [1.54, 1.807) is 0 Å². The van der Waals surface area contributed by atoms with Gasteiger partial charge in [-0.1, -0.05) is 5.21 Å². The molecule has 0 unspecified atom stereocenters. The molecule has 9 heteroatoms. The van der Waals surface area contributed by atoms with E-state index in [9.17, 15) is 12.8 Å². The van der Waals surface area contributed by atoms with Gasteiger partial charge in [0.25, 0.3) is 0 Å². The number of hydrogen-bond acceptors (Lipinski definition) is 5. The van der Waals surface area contributed by atoms with Crippen LogP contribution in [0.4, 0.5) is 4.39 Å². The number of rotatable bonds is 4. The Morgan fingerprint density at radius 2 is 2.22 bits per heavy atom. The molecule has 0 spiro atoms. The fraction of sp³-hybridized carbons (Fsp3) is 0.222. The summed E-state index contributed by atoms with van der Waals surface area (Å²) in [6, 6.07) is 3.56. The maximum absolute atomic E-state index is 13.0. The van der Waals surface area contributed by atoms with Gasteiger partial charge in [-0.3, -0.25) is 0 Å². The van der Waals surface area contributed by atoms with Crippen LogP contribution in [0.5, 0.6) is 0 Å². The number of sulfonamides is 1. The minimum atomic E-state index is -3.71. The van der Waals surface area contributed by atoms with Crippen LogP contribution in [0.25, 0.3) is 0 Å². The van der Waals surface area contributed by atoms with Crippen LogP contribution < -0.4 is 4.72 Å². The molecule has 0 atom stereocenters. The van der Waals surface area contributed by atoms with E-state index in [1.807, 2.05) is 0 Å². The predicted molar refractivity (Wildman–Crippen MR) is 59.3 cm³/mol. The number of nitrogens with zero attached hydrogens (tertiary/aromatic N) is 3. The highest BCUT2D eigenvalue weighted by atomic mass is 32.2. The van der Waals surface area contributed by atoms with Gasteiger partial charge in [0.1, 0.15) is 5.82 Å². The van der Waals surface area contributed by atoms with Gasteiger partial charge in [-0.15, -0.1) is 10.2 Å². The highest BCUT2D eigenvalue weighted by molar-refractivity contribution is 7.89. The summed E-state index contributed by atoms with van der Waals surface area (Å²) in [6.07, 6.45) is 0. The Bertz CT molecular complexity index is 641. The number of benzene rings is 1. The van der Waals surface area contributed by atoms with E-state index in [2.05, 4.69) is 25.3 Å². The van der Waals surface area contributed by atoms with Crippen molar-refractivity contribution in [1.82, 2.24) is 25.3 Å². The molecule has 7 nitrogen and oxygen atoms in total. The lowest BCUT2D eigenvalue weighted by Gasteiger charge is -2.05. The quantitative estimate of drug-likeness (QED) is 0.823. The van der Waals surface area contributed by atoms with Gasteiger partial charge in [-0.25, -0.2) is 17.5 Å². The summed E-state index contributed by atoms with van der Waals surface area (Å²) < 4.78 is 39.1. The van der Waals surface area contributed by atoms with Crippen LogP contribution in [0, 0.1) is 12.7 Å². The molecular formula is C9H10FN5O2S. The third kappa shape index (κ3) is 2.68. The lowest BCUT2D eigenvalue weighted by Crippen LogP contribution is -2.24. The van der Waals surface area contributed by atoms with Crippen LogP contribution >= 0.6 is 0 Å². The van der Waals surface area contributed by atoms with Crippen LogP contribution in [0.3, 0.4) is 0 Å². The Labute approximate surface area is 102 Å². The zero-order valence-corrected chi connectivity index (χ0v) is 10.2. The number of nitrogens with one attached hydrogen (secondary N) is 2. The maximum Gasteiger partial charge on any atom is 0.240 e. The molecule has 2 rings (SSSR count). The van der Waals surface area contributed by atoms with Crippen LogP contribution in [-0.2, 0) is 16.6 Å². The number of tetrazole rings is 1. The fourth-order valence-electron chi connectivity index (χ4n) is 1.28. The Balaban J connectivity index is 2.17. The first-order valence-electron chi connectivity index (χ1n) is 4.97. The highest BCUT2D eigenvalue weighted by Gasteiger charge is 2.15. The SMILES string of the molecule is Cc1cc(S(=O)(=O)NCc2nn[nH]n2)ccc1F. The number of halogens is 1. The van der Waals surface area contributed by atoms with E-state index in [-0.39, 0.29) is 22.8 Å². The Morgan fingerprint density at radius 1 is 1.44 bits per heavy atom. The molecule has 0 aliphatic rings. The van der Waals surface area contributed by atoms with Gasteiger partial charge in [0.15, 0.2) is 5.82 Å². The van der Waals surface area contributed by atoms with Crippen molar-refractivity contribution in [3.8, 4) is 0 Å². The molecule has 0 fully saturated rings. The van der Waals surface area contributed by atoms with Crippen LogP contribution in [0.15, 0.2) is 23.1 Å². The standard InChI is InChI=1S/C9H10FN5O2S/c1-6-4-7(2-3-8(6)10)18(16,17)11-5-9-12-14-15-13-9/h2-4,11H,5H2,1H3,(H,12,13,14,15). The summed E-state index contributed by atoms with van der Waals surface area (Å²) in [5, 5.41) is 12.7. The molecule has 0 amide bonds. The third-order valence-corrected chi connectivity index (χ3v) is 3.65. The molecule has 1 aromatic heterocycles. The highest BCUT2D eigenvalue weighted by Crippen LogP contribution is 2.14. The molecule has 1 heterocycles. The average Bonchev–Trinajstić information content (AvgIpc) is 2.83. The molecular weight excluding hydrogens is 261 g/mol. The molecule has 2 aromatic rings. The lowest BCUT2D eigenvalue weighted by molar-refractivity contribution is 0.577. The number of aromatic amines is 1. The van der Waals surface area contributed by atoms with E-state index >= 15 is 0 Å². The Morgan fingerprint density at radius 3 is 2.83 bits per heavy atom. The van der Waals surface area contributed by atoms with Crippen LogP contribution in [0.1, 0.15) is 11.4 Å². The maximum atomic E-state index is 13.0. The first kappa shape index (κ1) is 12.6. The van der Waals surface area contributed by atoms with E-state index in [4.69, 9.17) is 0 Å². The van der Waals surface area contributed by atoms with Crippen LogP contribution in [0.2, 0.25) is 0 Å². The third-order valence-electron chi connectivity index (χ3n) is 2.25. The summed E-state index contributed by atoms with van der Waals surface area (Å²) in [6.45, 7) is 1.41. The zero-order chi connectivity index (χ0) is 13.2. The van der Waals surface area contributed by atoms with Gasteiger partial charge >= 0.3 is 0 Å². The molecule has 18 heavy (non-hydrogen) atoms. The van der Waals surface area contributed by atoms with Gasteiger partial charge in [-0.05, 0) is 30.7 Å². The first-order valence-corrected chi connectivity index (χ1v) is 6.45. The number of aryl methyl sites for hydroxylation is 1. The molecule has 0 aliphatic heterocycles. The number of hydrogen-bond donors (Lipinski definition) is 2. The lowest BCUT2D eigenvalue weighted by atomic mass is 10.2. The number of aromatic nitrogens is 4. The van der Waals surface area contributed by atoms with Gasteiger partial charge in [0.2, 0.25) is 10.0 Å². The topological polar surface area (TPSA) is 101 Å². The van der Waals surface area contributed by atoms with E-state index in [0.717, 1.165) is 6.07 Å². The zero-order valence-electron chi connectivity index (χ0n) is 9.38. The molecule has 96 valence electrons. The van der Waals surface area contributed by atoms with E-state index in [0.29, 0.717) is 0 Å². The normalized spacial score (nSPS) is 11.7. The van der Waals surface area contributed by atoms with Gasteiger partial charge < -0.3 is 0 Å². The molecule has 0 saturated heterocycles. The Kier molecular flexibility index (Phi) is 3.34. The van der Waals surface area contributed by atoms with Crippen molar-refractivity contribution >= 4 is 10.0 Å². The average molecular weight is 271 g/mol. The van der Waals surface area contributed by atoms with Crippen molar-refractivity contribution in [1.29, 1.82) is 0 Å². The molecule has 0 radical (unpaired) electrons. The molecule has 2 N–H and O–H groups in total. The summed E-state index contributed by atoms with van der Waals surface area (Å²) in [5.41, 5.74) is 0.262. The summed E-state index contributed by atoms with van der Waals surface area (Å²) in [5.74, 6) is -0.232. The first-order chi connectivity index (χ1) is 8.49. The Hall–Kier alpha value is -1.87. The van der Waals surface area contributed by atoms with Crippen molar-refractivity contribution in [2.45, 2.75) is 18.4 Å². The van der Waals surface area contributed by atoms with Crippen molar-refractivity contribution in [3.63, 3.8) is 0 Å². The second-order valence-electron chi connectivity index (χ2n) is 3.56. The minimum Gasteiger partial charge on any atom is -0.207 e. The molecule has 0 aliphatic carbocycles. The van der Waals surface area contributed by atoms with Crippen molar-refractivity contribution in [2.24, 2.45) is 0 Å². The summed E-state index contributed by atoms with van der Waals surface area (Å²) in [4.78, 5) is -0.00936. The predicted octanol–water partition coefficient (Wildman–Crippen LogP) is 0.126. The van der Waals surface area contributed by atoms with Crippen molar-refractivity contribution in [3.05, 3.63) is 35.4 Å². The smallest absolute Gasteiger partial charge is 0.207 e. The second kappa shape index (κ2) is 4.78.